The maximum Gasteiger partial charge on any atom is 0.261 e. The predicted molar refractivity (Wildman–Crippen MR) is 146 cm³/mol. The van der Waals surface area contributed by atoms with Crippen molar-refractivity contribution in [2.75, 3.05) is 13.2 Å². The van der Waals surface area contributed by atoms with Crippen molar-refractivity contribution in [3.05, 3.63) is 96.6 Å². The van der Waals surface area contributed by atoms with Crippen molar-refractivity contribution in [3.63, 3.8) is 0 Å². The average molecular weight is 487 g/mol. The van der Waals surface area contributed by atoms with Gasteiger partial charge in [-0.3, -0.25) is 4.79 Å². The summed E-state index contributed by atoms with van der Waals surface area (Å²) in [5.74, 6) is 0.639. The molecule has 2 atom stereocenters. The van der Waals surface area contributed by atoms with Gasteiger partial charge in [-0.2, -0.15) is 0 Å². The van der Waals surface area contributed by atoms with Gasteiger partial charge in [0, 0.05) is 25.2 Å². The Kier molecular flexibility index (Phi) is 8.37. The van der Waals surface area contributed by atoms with Crippen LogP contribution in [0.3, 0.4) is 0 Å². The standard InChI is InChI=1S/C31H38O3Si/c1-31(2,3)35(28-15-9-5-10-16-28,29-17-11-6-12-18-29)34-22-21-25-19-20-27(33-24-25)23-30(32)26-13-7-4-8-14-26/h4-18,25,27H,19-24H2,1-3H3/t25-,27+/m0/s1. The topological polar surface area (TPSA) is 35.5 Å². The van der Waals surface area contributed by atoms with Gasteiger partial charge in [-0.15, -0.1) is 0 Å². The zero-order chi connectivity index (χ0) is 24.7. The zero-order valence-electron chi connectivity index (χ0n) is 21.3. The van der Waals surface area contributed by atoms with E-state index in [4.69, 9.17) is 9.16 Å². The molecular formula is C31H38O3Si. The first kappa shape index (κ1) is 25.6. The highest BCUT2D eigenvalue weighted by Gasteiger charge is 2.50. The van der Waals surface area contributed by atoms with Crippen LogP contribution >= 0.6 is 0 Å². The van der Waals surface area contributed by atoms with E-state index in [-0.39, 0.29) is 16.9 Å². The van der Waals surface area contributed by atoms with Crippen LogP contribution in [0.2, 0.25) is 5.04 Å². The van der Waals surface area contributed by atoms with Gasteiger partial charge >= 0.3 is 0 Å². The summed E-state index contributed by atoms with van der Waals surface area (Å²) in [7, 11) is -2.49. The Labute approximate surface area is 211 Å². The molecule has 0 amide bonds. The highest BCUT2D eigenvalue weighted by Crippen LogP contribution is 2.37. The number of hydrogen-bond donors (Lipinski definition) is 0. The van der Waals surface area contributed by atoms with E-state index in [0.717, 1.165) is 31.4 Å². The van der Waals surface area contributed by atoms with E-state index in [1.807, 2.05) is 30.3 Å². The van der Waals surface area contributed by atoms with Gasteiger partial charge in [0.15, 0.2) is 5.78 Å². The molecule has 1 aliphatic rings. The van der Waals surface area contributed by atoms with Gasteiger partial charge in [0.1, 0.15) is 0 Å². The molecule has 0 saturated carbocycles. The average Bonchev–Trinajstić information content (AvgIpc) is 2.88. The van der Waals surface area contributed by atoms with Crippen molar-refractivity contribution >= 4 is 24.5 Å². The third-order valence-corrected chi connectivity index (χ3v) is 12.3. The number of benzene rings is 3. The van der Waals surface area contributed by atoms with Crippen molar-refractivity contribution in [1.29, 1.82) is 0 Å². The molecule has 1 saturated heterocycles. The number of ether oxygens (including phenoxy) is 1. The van der Waals surface area contributed by atoms with Crippen molar-refractivity contribution in [2.45, 2.75) is 57.6 Å². The quantitative estimate of drug-likeness (QED) is 0.274. The largest absolute Gasteiger partial charge is 0.407 e. The molecule has 3 nitrogen and oxygen atoms in total. The number of carbonyl (C=O) groups is 1. The Hall–Kier alpha value is -2.53. The number of ketones is 1. The first-order valence-corrected chi connectivity index (χ1v) is 14.8. The summed E-state index contributed by atoms with van der Waals surface area (Å²) >= 11 is 0. The van der Waals surface area contributed by atoms with Crippen LogP contribution in [0.4, 0.5) is 0 Å². The van der Waals surface area contributed by atoms with Gasteiger partial charge in [-0.05, 0) is 40.6 Å². The summed E-state index contributed by atoms with van der Waals surface area (Å²) < 4.78 is 13.2. The molecule has 0 radical (unpaired) electrons. The second-order valence-corrected chi connectivity index (χ2v) is 15.0. The predicted octanol–water partition coefficient (Wildman–Crippen LogP) is 6.02. The van der Waals surface area contributed by atoms with Crippen molar-refractivity contribution in [2.24, 2.45) is 5.92 Å². The van der Waals surface area contributed by atoms with Crippen LogP contribution in [-0.4, -0.2) is 33.4 Å². The smallest absolute Gasteiger partial charge is 0.261 e. The van der Waals surface area contributed by atoms with E-state index in [9.17, 15) is 4.79 Å². The lowest BCUT2D eigenvalue weighted by atomic mass is 9.93. The third kappa shape index (κ3) is 6.00. The molecule has 184 valence electrons. The fourth-order valence-electron chi connectivity index (χ4n) is 5.34. The highest BCUT2D eigenvalue weighted by molar-refractivity contribution is 6.99. The van der Waals surface area contributed by atoms with Crippen LogP contribution in [0.5, 0.6) is 0 Å². The molecule has 4 heteroatoms. The lowest BCUT2D eigenvalue weighted by molar-refractivity contribution is -0.0213. The molecule has 3 aromatic carbocycles. The molecule has 0 unspecified atom stereocenters. The Morgan fingerprint density at radius 3 is 1.89 bits per heavy atom. The molecule has 0 aromatic heterocycles. The van der Waals surface area contributed by atoms with Gasteiger partial charge in [-0.1, -0.05) is 112 Å². The van der Waals surface area contributed by atoms with E-state index >= 15 is 0 Å². The maximum atomic E-state index is 12.5. The van der Waals surface area contributed by atoms with E-state index in [1.165, 1.54) is 10.4 Å². The lowest BCUT2D eigenvalue weighted by Gasteiger charge is -2.43. The summed E-state index contributed by atoms with van der Waals surface area (Å²) in [4.78, 5) is 12.5. The van der Waals surface area contributed by atoms with Crippen LogP contribution in [0.1, 0.15) is 56.8 Å². The molecule has 1 fully saturated rings. The molecule has 0 spiro atoms. The monoisotopic (exact) mass is 486 g/mol. The first-order valence-electron chi connectivity index (χ1n) is 12.8. The Morgan fingerprint density at radius 1 is 0.857 bits per heavy atom. The fourth-order valence-corrected chi connectivity index (χ4v) is 9.92. The maximum absolute atomic E-state index is 12.5. The second kappa shape index (κ2) is 11.5. The molecule has 0 N–H and O–H groups in total. The van der Waals surface area contributed by atoms with Crippen LogP contribution in [0.15, 0.2) is 91.0 Å². The summed E-state index contributed by atoms with van der Waals surface area (Å²) in [6.07, 6.45) is 3.48. The lowest BCUT2D eigenvalue weighted by Crippen LogP contribution is -2.66. The fraction of sp³-hybridized carbons (Fsp3) is 0.387. The van der Waals surface area contributed by atoms with Gasteiger partial charge < -0.3 is 9.16 Å². The van der Waals surface area contributed by atoms with Crippen molar-refractivity contribution in [1.82, 2.24) is 0 Å². The van der Waals surface area contributed by atoms with Crippen LogP contribution < -0.4 is 10.4 Å². The summed E-state index contributed by atoms with van der Waals surface area (Å²) in [5, 5.41) is 2.62. The minimum absolute atomic E-state index is 0.0122. The van der Waals surface area contributed by atoms with E-state index in [2.05, 4.69) is 81.4 Å². The summed E-state index contributed by atoms with van der Waals surface area (Å²) in [6, 6.07) is 31.1. The number of rotatable bonds is 9. The highest BCUT2D eigenvalue weighted by atomic mass is 28.4. The molecule has 0 aliphatic carbocycles. The normalized spacial score (nSPS) is 18.8. The van der Waals surface area contributed by atoms with E-state index in [0.29, 0.717) is 18.9 Å². The molecule has 1 aliphatic heterocycles. The van der Waals surface area contributed by atoms with Crippen molar-refractivity contribution in [3.8, 4) is 0 Å². The summed E-state index contributed by atoms with van der Waals surface area (Å²) in [5.41, 5.74) is 0.775. The first-order chi connectivity index (χ1) is 16.9. The molecule has 0 bridgehead atoms. The van der Waals surface area contributed by atoms with E-state index < -0.39 is 8.32 Å². The molecule has 35 heavy (non-hydrogen) atoms. The van der Waals surface area contributed by atoms with E-state index in [1.54, 1.807) is 0 Å². The minimum atomic E-state index is -2.49. The zero-order valence-corrected chi connectivity index (χ0v) is 22.3. The number of hydrogen-bond acceptors (Lipinski definition) is 3. The van der Waals surface area contributed by atoms with Gasteiger partial charge in [0.2, 0.25) is 0 Å². The van der Waals surface area contributed by atoms with Gasteiger partial charge in [-0.25, -0.2) is 0 Å². The van der Waals surface area contributed by atoms with Gasteiger partial charge in [0.25, 0.3) is 8.32 Å². The number of carbonyl (C=O) groups excluding carboxylic acids is 1. The molecule has 1 heterocycles. The molecule has 4 rings (SSSR count). The molecule has 3 aromatic rings. The minimum Gasteiger partial charge on any atom is -0.407 e. The third-order valence-electron chi connectivity index (χ3n) is 7.23. The van der Waals surface area contributed by atoms with Crippen molar-refractivity contribution < 1.29 is 14.0 Å². The van der Waals surface area contributed by atoms with Gasteiger partial charge in [0.05, 0.1) is 6.10 Å². The Bertz CT molecular complexity index is 1010. The number of Topliss-reactive ketones (excluding diaryl/α,β-unsaturated/α-hetero) is 1. The summed E-state index contributed by atoms with van der Waals surface area (Å²) in [6.45, 7) is 8.37. The van der Waals surface area contributed by atoms with Crippen LogP contribution in [0.25, 0.3) is 0 Å². The Morgan fingerprint density at radius 2 is 1.40 bits per heavy atom. The second-order valence-electron chi connectivity index (χ2n) is 10.7. The molecular weight excluding hydrogens is 448 g/mol. The Balaban J connectivity index is 1.39. The van der Waals surface area contributed by atoms with Crippen LogP contribution in [0, 0.1) is 5.92 Å². The van der Waals surface area contributed by atoms with Crippen LogP contribution in [-0.2, 0) is 9.16 Å². The SMILES string of the molecule is CC(C)(C)[Si](OCC[C@@H]1CC[C@H](CC(=O)c2ccccc2)OC1)(c1ccccc1)c1ccccc1.